The molecule has 2 amide bonds. The fourth-order valence-corrected chi connectivity index (χ4v) is 5.58. The van der Waals surface area contributed by atoms with Gasteiger partial charge in [0.05, 0.1) is 18.7 Å². The van der Waals surface area contributed by atoms with Crippen LogP contribution in [0.15, 0.2) is 59.8 Å². The predicted molar refractivity (Wildman–Crippen MR) is 151 cm³/mol. The number of hydrogen-bond acceptors (Lipinski definition) is 6. The van der Waals surface area contributed by atoms with Crippen molar-refractivity contribution in [2.24, 2.45) is 0 Å². The number of amides is 2. The van der Waals surface area contributed by atoms with Crippen LogP contribution in [0.4, 0.5) is 4.39 Å². The first-order valence-corrected chi connectivity index (χ1v) is 13.5. The van der Waals surface area contributed by atoms with E-state index in [1.54, 1.807) is 44.4 Å². The van der Waals surface area contributed by atoms with Crippen LogP contribution < -0.4 is 5.32 Å². The number of fused-ring (bicyclic) bond motifs is 1. The first kappa shape index (κ1) is 27.5. The van der Waals surface area contributed by atoms with Gasteiger partial charge in [0, 0.05) is 73.6 Å². The standard InChI is InChI=1S/C30H35FN6O3/c1-18-14-19(12-13-32-18)28-22-15-20(8-10-25(22)34-35-28)29(38)33-21-9-11-26(30(39)36(2)3)37(16-21)17-23-24(31)6-5-7-27(23)40-4/h6,8,10,12-15,21,26H,5,7,9,11,16-17H2,1-4H3,(H,33,38)(H,34,35)/t21-,26+/m1/s1. The zero-order valence-electron chi connectivity index (χ0n) is 23.3. The Labute approximate surface area is 233 Å². The molecule has 0 unspecified atom stereocenters. The lowest BCUT2D eigenvalue weighted by Crippen LogP contribution is -2.56. The number of rotatable bonds is 7. The lowest BCUT2D eigenvalue weighted by atomic mass is 9.94. The molecule has 5 rings (SSSR count). The molecule has 40 heavy (non-hydrogen) atoms. The molecule has 9 nitrogen and oxygen atoms in total. The molecule has 3 aromatic rings. The summed E-state index contributed by atoms with van der Waals surface area (Å²) in [5.41, 5.74) is 4.39. The van der Waals surface area contributed by atoms with E-state index < -0.39 is 6.04 Å². The van der Waals surface area contributed by atoms with Gasteiger partial charge >= 0.3 is 0 Å². The molecule has 3 heterocycles. The molecular formula is C30H35FN6O3. The highest BCUT2D eigenvalue weighted by Gasteiger charge is 2.36. The summed E-state index contributed by atoms with van der Waals surface area (Å²) in [5, 5.41) is 11.5. The van der Waals surface area contributed by atoms with Crippen molar-refractivity contribution in [3.05, 3.63) is 71.0 Å². The minimum atomic E-state index is -0.405. The van der Waals surface area contributed by atoms with Crippen LogP contribution in [0.5, 0.6) is 0 Å². The SMILES string of the molecule is COC1=C(CN2C[C@H](NC(=O)c3ccc4[nH]nc(-c5ccnc(C)c5)c4c3)CC[C@H]2C(=O)N(C)C)C(F)=CCC1. The van der Waals surface area contributed by atoms with E-state index in [4.69, 9.17) is 4.74 Å². The van der Waals surface area contributed by atoms with Crippen molar-refractivity contribution in [1.29, 1.82) is 0 Å². The molecule has 0 spiro atoms. The lowest BCUT2D eigenvalue weighted by Gasteiger charge is -2.40. The number of pyridine rings is 1. The molecule has 10 heteroatoms. The molecule has 2 aromatic heterocycles. The number of H-pyrrole nitrogens is 1. The van der Waals surface area contributed by atoms with Crippen molar-refractivity contribution in [2.75, 3.05) is 34.3 Å². The number of benzene rings is 1. The fourth-order valence-electron chi connectivity index (χ4n) is 5.58. The molecule has 0 saturated carbocycles. The molecule has 1 aromatic carbocycles. The van der Waals surface area contributed by atoms with E-state index in [1.165, 1.54) is 0 Å². The van der Waals surface area contributed by atoms with E-state index in [0.717, 1.165) is 27.9 Å². The molecule has 2 aliphatic rings. The summed E-state index contributed by atoms with van der Waals surface area (Å²) >= 11 is 0. The monoisotopic (exact) mass is 546 g/mol. The lowest BCUT2D eigenvalue weighted by molar-refractivity contribution is -0.135. The fraction of sp³-hybridized carbons (Fsp3) is 0.400. The second-order valence-electron chi connectivity index (χ2n) is 10.6. The summed E-state index contributed by atoms with van der Waals surface area (Å²) in [4.78, 5) is 34.2. The Bertz CT molecular complexity index is 1490. The third kappa shape index (κ3) is 5.62. The van der Waals surface area contributed by atoms with Crippen LogP contribution in [0.2, 0.25) is 0 Å². The van der Waals surface area contributed by atoms with Gasteiger partial charge in [-0.15, -0.1) is 0 Å². The summed E-state index contributed by atoms with van der Waals surface area (Å²) in [5.74, 6) is 0.0615. The largest absolute Gasteiger partial charge is 0.501 e. The van der Waals surface area contributed by atoms with Gasteiger partial charge in [-0.1, -0.05) is 0 Å². The second-order valence-corrected chi connectivity index (χ2v) is 10.6. The minimum Gasteiger partial charge on any atom is -0.501 e. The summed E-state index contributed by atoms with van der Waals surface area (Å²) in [6.07, 6.45) is 5.70. The molecule has 1 saturated heterocycles. The maximum Gasteiger partial charge on any atom is 0.251 e. The van der Waals surface area contributed by atoms with Crippen molar-refractivity contribution < 1.29 is 18.7 Å². The van der Waals surface area contributed by atoms with Gasteiger partial charge in [-0.05, 0) is 62.6 Å². The van der Waals surface area contributed by atoms with E-state index in [0.29, 0.717) is 49.1 Å². The first-order valence-electron chi connectivity index (χ1n) is 13.5. The number of nitrogens with zero attached hydrogens (tertiary/aromatic N) is 4. The van der Waals surface area contributed by atoms with Crippen LogP contribution in [0.25, 0.3) is 22.2 Å². The quantitative estimate of drug-likeness (QED) is 0.462. The summed E-state index contributed by atoms with van der Waals surface area (Å²) in [7, 11) is 5.00. The Morgan fingerprint density at radius 1 is 1.23 bits per heavy atom. The van der Waals surface area contributed by atoms with Crippen molar-refractivity contribution in [1.82, 2.24) is 30.3 Å². The Kier molecular flexibility index (Phi) is 7.97. The van der Waals surface area contributed by atoms with Crippen molar-refractivity contribution in [2.45, 2.75) is 44.7 Å². The number of allylic oxidation sites excluding steroid dienone is 2. The minimum absolute atomic E-state index is 0.0335. The molecule has 1 aliphatic heterocycles. The van der Waals surface area contributed by atoms with Gasteiger partial charge < -0.3 is 15.0 Å². The molecule has 0 bridgehead atoms. The first-order chi connectivity index (χ1) is 19.2. The number of likely N-dealkylation sites (tertiary alicyclic amines) is 1. The Hall–Kier alpha value is -4.05. The van der Waals surface area contributed by atoms with Crippen LogP contribution >= 0.6 is 0 Å². The predicted octanol–water partition coefficient (Wildman–Crippen LogP) is 4.13. The number of nitrogens with one attached hydrogen (secondary N) is 2. The average molecular weight is 547 g/mol. The number of methoxy groups -OCH3 is 1. The van der Waals surface area contributed by atoms with Crippen molar-refractivity contribution >= 4 is 22.7 Å². The molecule has 2 N–H and O–H groups in total. The maximum absolute atomic E-state index is 14.9. The number of hydrogen-bond donors (Lipinski definition) is 2. The van der Waals surface area contributed by atoms with Gasteiger partial charge in [0.15, 0.2) is 0 Å². The van der Waals surface area contributed by atoms with Crippen LogP contribution in [0.1, 0.15) is 41.7 Å². The van der Waals surface area contributed by atoms with Crippen LogP contribution in [0.3, 0.4) is 0 Å². The number of aryl methyl sites for hydroxylation is 1. The van der Waals surface area contributed by atoms with Gasteiger partial charge in [-0.25, -0.2) is 4.39 Å². The molecular weight excluding hydrogens is 511 g/mol. The number of aromatic nitrogens is 3. The number of aromatic amines is 1. The molecule has 2 atom stereocenters. The second kappa shape index (κ2) is 11.6. The highest BCUT2D eigenvalue weighted by atomic mass is 19.1. The van der Waals surface area contributed by atoms with Crippen LogP contribution in [-0.4, -0.2) is 83.2 Å². The van der Waals surface area contributed by atoms with Gasteiger partial charge in [0.1, 0.15) is 17.3 Å². The van der Waals surface area contributed by atoms with Crippen LogP contribution in [-0.2, 0) is 9.53 Å². The van der Waals surface area contributed by atoms with Gasteiger partial charge in [-0.3, -0.25) is 24.6 Å². The van der Waals surface area contributed by atoms with Crippen molar-refractivity contribution in [3.8, 4) is 11.3 Å². The number of carbonyl (C=O) groups is 2. The number of carbonyl (C=O) groups excluding carboxylic acids is 2. The summed E-state index contributed by atoms with van der Waals surface area (Å²) in [6.45, 7) is 2.57. The van der Waals surface area contributed by atoms with Crippen LogP contribution in [0, 0.1) is 6.92 Å². The van der Waals surface area contributed by atoms with E-state index >= 15 is 0 Å². The van der Waals surface area contributed by atoms with Crippen molar-refractivity contribution in [3.63, 3.8) is 0 Å². The number of halogens is 1. The molecule has 0 radical (unpaired) electrons. The summed E-state index contributed by atoms with van der Waals surface area (Å²) in [6, 6.07) is 8.71. The highest BCUT2D eigenvalue weighted by molar-refractivity contribution is 6.01. The Balaban J connectivity index is 1.36. The third-order valence-electron chi connectivity index (χ3n) is 7.67. The third-order valence-corrected chi connectivity index (χ3v) is 7.67. The molecule has 1 fully saturated rings. The van der Waals surface area contributed by atoms with E-state index in [1.807, 2.05) is 36.1 Å². The molecule has 210 valence electrons. The van der Waals surface area contributed by atoms with E-state index in [2.05, 4.69) is 20.5 Å². The zero-order valence-corrected chi connectivity index (χ0v) is 23.3. The number of ether oxygens (including phenoxy) is 1. The van der Waals surface area contributed by atoms with Gasteiger partial charge in [0.2, 0.25) is 5.91 Å². The Morgan fingerprint density at radius 3 is 2.80 bits per heavy atom. The molecule has 1 aliphatic carbocycles. The normalized spacial score (nSPS) is 19.9. The maximum atomic E-state index is 14.9. The topological polar surface area (TPSA) is 103 Å². The zero-order chi connectivity index (χ0) is 28.4. The van der Waals surface area contributed by atoms with E-state index in [-0.39, 0.29) is 30.2 Å². The number of piperidine rings is 1. The highest BCUT2D eigenvalue weighted by Crippen LogP contribution is 2.31. The Morgan fingerprint density at radius 2 is 2.05 bits per heavy atom. The van der Waals surface area contributed by atoms with Gasteiger partial charge in [0.25, 0.3) is 5.91 Å². The summed E-state index contributed by atoms with van der Waals surface area (Å²) < 4.78 is 20.3. The smallest absolute Gasteiger partial charge is 0.251 e. The van der Waals surface area contributed by atoms with Gasteiger partial charge in [-0.2, -0.15) is 5.10 Å². The van der Waals surface area contributed by atoms with E-state index in [9.17, 15) is 14.0 Å². The average Bonchev–Trinajstić information content (AvgIpc) is 3.37. The number of likely N-dealkylation sites (N-methyl/N-ethyl adjacent to an activating group) is 1.